The van der Waals surface area contributed by atoms with Gasteiger partial charge in [0.1, 0.15) is 11.6 Å². The molecule has 0 amide bonds. The molecule has 0 unspecified atom stereocenters. The first-order valence-corrected chi connectivity index (χ1v) is 7.63. The van der Waals surface area contributed by atoms with E-state index in [4.69, 9.17) is 5.73 Å². The molecule has 0 saturated heterocycles. The Kier molecular flexibility index (Phi) is 3.87. The van der Waals surface area contributed by atoms with Crippen molar-refractivity contribution in [1.29, 1.82) is 0 Å². The summed E-state index contributed by atoms with van der Waals surface area (Å²) in [7, 11) is -3.93. The largest absolute Gasteiger partial charge is 0.506 e. The molecule has 0 aliphatic carbocycles. The van der Waals surface area contributed by atoms with Crippen LogP contribution in [-0.4, -0.2) is 13.5 Å². The van der Waals surface area contributed by atoms with Crippen LogP contribution in [0.3, 0.4) is 0 Å². The van der Waals surface area contributed by atoms with Gasteiger partial charge in [0.05, 0.1) is 16.3 Å². The van der Waals surface area contributed by atoms with Gasteiger partial charge in [-0.25, -0.2) is 12.8 Å². The maximum absolute atomic E-state index is 13.1. The molecule has 0 aliphatic rings. The van der Waals surface area contributed by atoms with E-state index in [1.807, 2.05) is 0 Å². The lowest BCUT2D eigenvalue weighted by Gasteiger charge is -2.10. The summed E-state index contributed by atoms with van der Waals surface area (Å²) in [5.41, 5.74) is 5.46. The fraction of sp³-hybridized carbons (Fsp3) is 0. The predicted octanol–water partition coefficient (Wildman–Crippen LogP) is 2.68. The van der Waals surface area contributed by atoms with E-state index in [0.29, 0.717) is 4.47 Å². The normalized spacial score (nSPS) is 11.3. The van der Waals surface area contributed by atoms with Gasteiger partial charge in [0, 0.05) is 4.47 Å². The van der Waals surface area contributed by atoms with E-state index in [0.717, 1.165) is 12.1 Å². The van der Waals surface area contributed by atoms with Gasteiger partial charge in [0.15, 0.2) is 0 Å². The summed E-state index contributed by atoms with van der Waals surface area (Å²) in [4.78, 5) is -0.135. The molecule has 0 radical (unpaired) electrons. The Morgan fingerprint density at radius 1 is 1.20 bits per heavy atom. The fourth-order valence-corrected chi connectivity index (χ4v) is 3.06. The third-order valence-corrected chi connectivity index (χ3v) is 4.54. The van der Waals surface area contributed by atoms with Crippen molar-refractivity contribution in [3.63, 3.8) is 0 Å². The standard InChI is InChI=1S/C12H10BrFN2O3S/c13-9-3-1-7(14)5-11(9)16-20(18,19)8-2-4-12(17)10(15)6-8/h1-6,16-17H,15H2. The molecule has 5 nitrogen and oxygen atoms in total. The van der Waals surface area contributed by atoms with Crippen molar-refractivity contribution >= 4 is 37.3 Å². The van der Waals surface area contributed by atoms with Crippen molar-refractivity contribution in [1.82, 2.24) is 0 Å². The van der Waals surface area contributed by atoms with E-state index in [-0.39, 0.29) is 22.0 Å². The number of anilines is 2. The van der Waals surface area contributed by atoms with Crippen LogP contribution in [0.1, 0.15) is 0 Å². The van der Waals surface area contributed by atoms with Crippen molar-refractivity contribution in [3.8, 4) is 5.75 Å². The van der Waals surface area contributed by atoms with Crippen LogP contribution in [0.2, 0.25) is 0 Å². The van der Waals surface area contributed by atoms with Gasteiger partial charge >= 0.3 is 0 Å². The Balaban J connectivity index is 2.40. The molecule has 0 saturated carbocycles. The summed E-state index contributed by atoms with van der Waals surface area (Å²) in [6.45, 7) is 0. The lowest BCUT2D eigenvalue weighted by Crippen LogP contribution is -2.13. The monoisotopic (exact) mass is 360 g/mol. The number of hydrogen-bond donors (Lipinski definition) is 3. The minimum absolute atomic E-state index is 0.0637. The van der Waals surface area contributed by atoms with Gasteiger partial charge < -0.3 is 10.8 Å². The zero-order valence-corrected chi connectivity index (χ0v) is 12.4. The van der Waals surface area contributed by atoms with Crippen molar-refractivity contribution in [2.75, 3.05) is 10.5 Å². The summed E-state index contributed by atoms with van der Waals surface area (Å²) >= 11 is 3.12. The molecule has 0 aromatic heterocycles. The van der Waals surface area contributed by atoms with Crippen molar-refractivity contribution in [2.24, 2.45) is 0 Å². The molecule has 2 rings (SSSR count). The third kappa shape index (κ3) is 3.02. The maximum atomic E-state index is 13.1. The Morgan fingerprint density at radius 2 is 1.90 bits per heavy atom. The van der Waals surface area contributed by atoms with E-state index in [9.17, 15) is 17.9 Å². The van der Waals surface area contributed by atoms with Crippen molar-refractivity contribution < 1.29 is 17.9 Å². The number of sulfonamides is 1. The van der Waals surface area contributed by atoms with Crippen LogP contribution in [0.5, 0.6) is 5.75 Å². The number of halogens is 2. The Hall–Kier alpha value is -1.80. The Morgan fingerprint density at radius 3 is 2.55 bits per heavy atom. The first-order valence-electron chi connectivity index (χ1n) is 5.36. The highest BCUT2D eigenvalue weighted by molar-refractivity contribution is 9.10. The van der Waals surface area contributed by atoms with Gasteiger partial charge in [0.25, 0.3) is 10.0 Å². The van der Waals surface area contributed by atoms with Crippen LogP contribution < -0.4 is 10.5 Å². The quantitative estimate of drug-likeness (QED) is 0.579. The van der Waals surface area contributed by atoms with Gasteiger partial charge in [0.2, 0.25) is 0 Å². The molecule has 8 heteroatoms. The van der Waals surface area contributed by atoms with Crippen LogP contribution in [-0.2, 0) is 10.0 Å². The van der Waals surface area contributed by atoms with Crippen LogP contribution in [0.25, 0.3) is 0 Å². The molecule has 106 valence electrons. The van der Waals surface area contributed by atoms with E-state index in [2.05, 4.69) is 20.7 Å². The summed E-state index contributed by atoms with van der Waals surface area (Å²) in [5, 5.41) is 9.28. The molecule has 2 aromatic carbocycles. The molecule has 0 atom stereocenters. The number of phenols is 1. The minimum Gasteiger partial charge on any atom is -0.506 e. The maximum Gasteiger partial charge on any atom is 0.262 e. The molecular weight excluding hydrogens is 351 g/mol. The van der Waals surface area contributed by atoms with Gasteiger partial charge in [-0.05, 0) is 52.3 Å². The zero-order valence-electron chi connectivity index (χ0n) is 9.97. The van der Waals surface area contributed by atoms with Crippen molar-refractivity contribution in [3.05, 3.63) is 46.7 Å². The second-order valence-corrected chi connectivity index (χ2v) is 6.49. The average Bonchev–Trinajstić information content (AvgIpc) is 2.36. The van der Waals surface area contributed by atoms with Crippen LogP contribution in [0.15, 0.2) is 45.8 Å². The number of nitrogens with one attached hydrogen (secondary N) is 1. The second-order valence-electron chi connectivity index (χ2n) is 3.95. The van der Waals surface area contributed by atoms with E-state index < -0.39 is 15.8 Å². The molecule has 4 N–H and O–H groups in total. The van der Waals surface area contributed by atoms with Crippen LogP contribution in [0, 0.1) is 5.82 Å². The number of nitrogen functional groups attached to an aromatic ring is 1. The molecule has 0 aliphatic heterocycles. The van der Waals surface area contributed by atoms with Crippen molar-refractivity contribution in [2.45, 2.75) is 4.90 Å². The number of nitrogens with two attached hydrogens (primary N) is 1. The lowest BCUT2D eigenvalue weighted by atomic mass is 10.3. The molecular formula is C12H10BrFN2O3S. The van der Waals surface area contributed by atoms with E-state index in [1.165, 1.54) is 24.3 Å². The smallest absolute Gasteiger partial charge is 0.262 e. The van der Waals surface area contributed by atoms with Crippen LogP contribution in [0.4, 0.5) is 15.8 Å². The number of phenolic OH excluding ortho intramolecular Hbond substituents is 1. The summed E-state index contributed by atoms with van der Waals surface area (Å²) in [5.74, 6) is -0.785. The zero-order chi connectivity index (χ0) is 14.9. The SMILES string of the molecule is Nc1cc(S(=O)(=O)Nc2cc(F)ccc2Br)ccc1O. The second kappa shape index (κ2) is 5.29. The van der Waals surface area contributed by atoms with Gasteiger partial charge in [-0.15, -0.1) is 0 Å². The highest BCUT2D eigenvalue weighted by Crippen LogP contribution is 2.28. The topological polar surface area (TPSA) is 92.4 Å². The Labute approximate surface area is 123 Å². The third-order valence-electron chi connectivity index (χ3n) is 2.48. The average molecular weight is 361 g/mol. The minimum atomic E-state index is -3.93. The van der Waals surface area contributed by atoms with Gasteiger partial charge in [-0.2, -0.15) is 0 Å². The highest BCUT2D eigenvalue weighted by Gasteiger charge is 2.17. The lowest BCUT2D eigenvalue weighted by molar-refractivity contribution is 0.477. The Bertz CT molecular complexity index is 765. The van der Waals surface area contributed by atoms with Crippen LogP contribution >= 0.6 is 15.9 Å². The predicted molar refractivity (Wildman–Crippen MR) is 77.4 cm³/mol. The number of hydrogen-bond acceptors (Lipinski definition) is 4. The number of aromatic hydroxyl groups is 1. The molecule has 20 heavy (non-hydrogen) atoms. The summed E-state index contributed by atoms with van der Waals surface area (Å²) < 4.78 is 40.0. The molecule has 0 heterocycles. The summed E-state index contributed by atoms with van der Waals surface area (Å²) in [6.07, 6.45) is 0. The summed E-state index contributed by atoms with van der Waals surface area (Å²) in [6, 6.07) is 7.11. The number of benzene rings is 2. The number of rotatable bonds is 3. The highest BCUT2D eigenvalue weighted by atomic mass is 79.9. The first kappa shape index (κ1) is 14.6. The molecule has 0 bridgehead atoms. The van der Waals surface area contributed by atoms with Gasteiger partial charge in [-0.3, -0.25) is 4.72 Å². The molecule has 0 fully saturated rings. The first-order chi connectivity index (χ1) is 9.29. The van der Waals surface area contributed by atoms with Gasteiger partial charge in [-0.1, -0.05) is 0 Å². The van der Waals surface area contributed by atoms with E-state index >= 15 is 0 Å². The molecule has 0 spiro atoms. The van der Waals surface area contributed by atoms with E-state index in [1.54, 1.807) is 0 Å². The molecule has 2 aromatic rings. The fourth-order valence-electron chi connectivity index (χ4n) is 1.48.